The summed E-state index contributed by atoms with van der Waals surface area (Å²) in [5, 5.41) is 8.03. The number of benzene rings is 2. The van der Waals surface area contributed by atoms with Crippen LogP contribution in [0.25, 0.3) is 16.8 Å². The quantitative estimate of drug-likeness (QED) is 0.367. The molecule has 1 aliphatic heterocycles. The molecule has 10 heteroatoms. The molecule has 0 radical (unpaired) electrons. The van der Waals surface area contributed by atoms with Crippen molar-refractivity contribution in [1.29, 1.82) is 0 Å². The molecule has 0 bridgehead atoms. The van der Waals surface area contributed by atoms with Crippen LogP contribution >= 0.6 is 11.6 Å². The molecule has 1 N–H and O–H groups in total. The Balaban J connectivity index is 1.66. The highest BCUT2D eigenvalue weighted by atomic mass is 35.5. The van der Waals surface area contributed by atoms with Gasteiger partial charge in [-0.25, -0.2) is 17.9 Å². The van der Waals surface area contributed by atoms with E-state index in [1.54, 1.807) is 52.1 Å². The van der Waals surface area contributed by atoms with Gasteiger partial charge >= 0.3 is 0 Å². The fraction of sp³-hybridized carbons (Fsp3) is 0.296. The lowest BCUT2D eigenvalue weighted by Crippen LogP contribution is -2.35. The molecule has 8 nitrogen and oxygen atoms in total. The van der Waals surface area contributed by atoms with E-state index < -0.39 is 15.9 Å². The minimum atomic E-state index is -3.69. The van der Waals surface area contributed by atoms with Crippen molar-refractivity contribution in [3.8, 4) is 11.1 Å². The van der Waals surface area contributed by atoms with Crippen molar-refractivity contribution in [3.05, 3.63) is 76.2 Å². The lowest BCUT2D eigenvalue weighted by Gasteiger charge is -2.26. The number of carbonyl (C=O) groups excluding carboxylic acids is 1. The van der Waals surface area contributed by atoms with E-state index in [0.717, 1.165) is 30.7 Å². The second-order valence-corrected chi connectivity index (χ2v) is 11.7. The predicted molar refractivity (Wildman–Crippen MR) is 145 cm³/mol. The Kier molecular flexibility index (Phi) is 6.78. The third-order valence-corrected chi connectivity index (χ3v) is 8.91. The van der Waals surface area contributed by atoms with Crippen molar-refractivity contribution in [1.82, 2.24) is 18.9 Å². The third kappa shape index (κ3) is 4.86. The third-order valence-electron chi connectivity index (χ3n) is 6.62. The van der Waals surface area contributed by atoms with Crippen LogP contribution in [0.3, 0.4) is 0 Å². The standard InChI is InChI=1S/C27H28ClN5O3S/c1-17-7-8-20(16-23(17)37(35,36)32-13-5-4-6-14-32)24-25(27(34)30-22-11-9-21(28)10-12-22)31-33-19(3)15-18(2)29-26(24)33/h7-12,15-16H,4-6,13-14H2,1-3H3,(H,30,34). The first-order valence-electron chi connectivity index (χ1n) is 12.2. The molecule has 1 saturated heterocycles. The van der Waals surface area contributed by atoms with Crippen LogP contribution in [0.4, 0.5) is 5.69 Å². The predicted octanol–water partition coefficient (Wildman–Crippen LogP) is 5.40. The van der Waals surface area contributed by atoms with Crippen LogP contribution in [0.2, 0.25) is 5.02 Å². The van der Waals surface area contributed by atoms with Gasteiger partial charge in [0.1, 0.15) is 0 Å². The number of amides is 1. The summed E-state index contributed by atoms with van der Waals surface area (Å²) in [5.74, 6) is -0.430. The van der Waals surface area contributed by atoms with E-state index in [-0.39, 0.29) is 10.6 Å². The summed E-state index contributed by atoms with van der Waals surface area (Å²) < 4.78 is 30.4. The van der Waals surface area contributed by atoms with Gasteiger partial charge in [-0.3, -0.25) is 4.79 Å². The molecule has 0 aliphatic carbocycles. The molecule has 0 spiro atoms. The number of sulfonamides is 1. The average molecular weight is 538 g/mol. The zero-order valence-electron chi connectivity index (χ0n) is 21.0. The van der Waals surface area contributed by atoms with Crippen LogP contribution in [0.1, 0.15) is 46.7 Å². The molecular formula is C27H28ClN5O3S. The summed E-state index contributed by atoms with van der Waals surface area (Å²) in [5.41, 5.74) is 4.48. The average Bonchev–Trinajstić information content (AvgIpc) is 3.26. The van der Waals surface area contributed by atoms with Crippen LogP contribution in [-0.4, -0.2) is 46.3 Å². The Morgan fingerprint density at radius 1 is 0.973 bits per heavy atom. The fourth-order valence-electron chi connectivity index (χ4n) is 4.75. The second kappa shape index (κ2) is 9.89. The highest BCUT2D eigenvalue weighted by Gasteiger charge is 2.29. The summed E-state index contributed by atoms with van der Waals surface area (Å²) in [6, 6.07) is 13.9. The Morgan fingerprint density at radius 3 is 2.38 bits per heavy atom. The molecule has 0 atom stereocenters. The number of hydrogen-bond donors (Lipinski definition) is 1. The molecule has 0 saturated carbocycles. The van der Waals surface area contributed by atoms with Crippen molar-refractivity contribution >= 4 is 38.9 Å². The van der Waals surface area contributed by atoms with Gasteiger partial charge in [0.05, 0.1) is 10.5 Å². The number of halogens is 1. The molecule has 2 aromatic carbocycles. The Morgan fingerprint density at radius 2 is 1.68 bits per heavy atom. The highest BCUT2D eigenvalue weighted by molar-refractivity contribution is 7.89. The molecular weight excluding hydrogens is 510 g/mol. The van der Waals surface area contributed by atoms with Crippen molar-refractivity contribution in [2.45, 2.75) is 44.9 Å². The number of aryl methyl sites for hydroxylation is 3. The van der Waals surface area contributed by atoms with Gasteiger partial charge in [0, 0.05) is 35.2 Å². The lowest BCUT2D eigenvalue weighted by molar-refractivity contribution is 0.102. The largest absolute Gasteiger partial charge is 0.321 e. The van der Waals surface area contributed by atoms with Gasteiger partial charge in [0.2, 0.25) is 10.0 Å². The summed E-state index contributed by atoms with van der Waals surface area (Å²) >= 11 is 5.99. The number of piperidine rings is 1. The maximum absolute atomic E-state index is 13.6. The summed E-state index contributed by atoms with van der Waals surface area (Å²) in [7, 11) is -3.69. The van der Waals surface area contributed by atoms with Crippen LogP contribution in [0.5, 0.6) is 0 Å². The number of aromatic nitrogens is 3. The van der Waals surface area contributed by atoms with E-state index in [1.807, 2.05) is 26.0 Å². The van der Waals surface area contributed by atoms with Gasteiger partial charge in [-0.15, -0.1) is 0 Å². The number of rotatable bonds is 5. The first-order valence-corrected chi connectivity index (χ1v) is 14.0. The number of nitrogens with zero attached hydrogens (tertiary/aromatic N) is 4. The van der Waals surface area contributed by atoms with E-state index in [1.165, 1.54) is 0 Å². The fourth-order valence-corrected chi connectivity index (χ4v) is 6.64. The van der Waals surface area contributed by atoms with E-state index in [9.17, 15) is 13.2 Å². The van der Waals surface area contributed by atoms with Crippen molar-refractivity contribution < 1.29 is 13.2 Å². The summed E-state index contributed by atoms with van der Waals surface area (Å²) in [6.07, 6.45) is 2.73. The monoisotopic (exact) mass is 537 g/mol. The first kappa shape index (κ1) is 25.4. The maximum atomic E-state index is 13.6. The Labute approximate surface area is 221 Å². The van der Waals surface area contributed by atoms with Gasteiger partial charge in [0.25, 0.3) is 5.91 Å². The smallest absolute Gasteiger partial charge is 0.276 e. The van der Waals surface area contributed by atoms with E-state index >= 15 is 0 Å². The SMILES string of the molecule is Cc1cc(C)n2nc(C(=O)Nc3ccc(Cl)cc3)c(-c3ccc(C)c(S(=O)(=O)N4CCCCC4)c3)c2n1. The summed E-state index contributed by atoms with van der Waals surface area (Å²) in [6.45, 7) is 6.57. The van der Waals surface area contributed by atoms with Gasteiger partial charge < -0.3 is 5.32 Å². The van der Waals surface area contributed by atoms with Crippen molar-refractivity contribution in [2.24, 2.45) is 0 Å². The molecule has 3 heterocycles. The van der Waals surface area contributed by atoms with Crippen LogP contribution in [0, 0.1) is 20.8 Å². The Hall–Kier alpha value is -3.27. The molecule has 0 unspecified atom stereocenters. The molecule has 192 valence electrons. The molecule has 37 heavy (non-hydrogen) atoms. The van der Waals surface area contributed by atoms with Gasteiger partial charge in [-0.2, -0.15) is 9.40 Å². The normalized spacial score (nSPS) is 14.7. The number of nitrogens with one attached hydrogen (secondary N) is 1. The van der Waals surface area contributed by atoms with E-state index in [2.05, 4.69) is 15.4 Å². The van der Waals surface area contributed by atoms with Crippen molar-refractivity contribution in [3.63, 3.8) is 0 Å². The summed E-state index contributed by atoms with van der Waals surface area (Å²) in [4.78, 5) is 18.4. The highest BCUT2D eigenvalue weighted by Crippen LogP contribution is 2.33. The topological polar surface area (TPSA) is 96.7 Å². The number of anilines is 1. The molecule has 2 aromatic heterocycles. The minimum absolute atomic E-state index is 0.154. The molecule has 4 aromatic rings. The van der Waals surface area contributed by atoms with Crippen LogP contribution in [-0.2, 0) is 10.0 Å². The minimum Gasteiger partial charge on any atom is -0.321 e. The lowest BCUT2D eigenvalue weighted by atomic mass is 10.0. The number of carbonyl (C=O) groups is 1. The maximum Gasteiger partial charge on any atom is 0.276 e. The molecule has 5 rings (SSSR count). The first-order chi connectivity index (χ1) is 17.6. The van der Waals surface area contributed by atoms with E-state index in [0.29, 0.717) is 46.1 Å². The Bertz CT molecular complexity index is 1610. The van der Waals surface area contributed by atoms with Gasteiger partial charge in [-0.05, 0) is 81.1 Å². The number of hydrogen-bond acceptors (Lipinski definition) is 5. The number of fused-ring (bicyclic) bond motifs is 1. The van der Waals surface area contributed by atoms with E-state index in [4.69, 9.17) is 11.6 Å². The zero-order chi connectivity index (χ0) is 26.3. The second-order valence-electron chi connectivity index (χ2n) is 9.40. The van der Waals surface area contributed by atoms with Gasteiger partial charge in [0.15, 0.2) is 11.3 Å². The van der Waals surface area contributed by atoms with Crippen LogP contribution < -0.4 is 5.32 Å². The van der Waals surface area contributed by atoms with Crippen LogP contribution in [0.15, 0.2) is 53.4 Å². The molecule has 1 amide bonds. The van der Waals surface area contributed by atoms with Gasteiger partial charge in [-0.1, -0.05) is 30.2 Å². The van der Waals surface area contributed by atoms with Crippen molar-refractivity contribution in [2.75, 3.05) is 18.4 Å². The molecule has 1 fully saturated rings. The molecule has 1 aliphatic rings. The zero-order valence-corrected chi connectivity index (χ0v) is 22.5.